The summed E-state index contributed by atoms with van der Waals surface area (Å²) in [5.41, 5.74) is 5.26. The molecule has 0 atom stereocenters. The van der Waals surface area contributed by atoms with Gasteiger partial charge < -0.3 is 5.73 Å². The third kappa shape index (κ3) is 5.30. The second-order valence-corrected chi connectivity index (χ2v) is 1.94. The lowest BCUT2D eigenvalue weighted by Gasteiger charge is -1.90. The average Bonchev–Trinajstić information content (AvgIpc) is 1.83. The van der Waals surface area contributed by atoms with Crippen molar-refractivity contribution < 1.29 is 4.79 Å². The average molecular weight is 149 g/mol. The van der Waals surface area contributed by atoms with Crippen LogP contribution in [0.25, 0.3) is 0 Å². The smallest absolute Gasteiger partial charge is 0.243 e. The van der Waals surface area contributed by atoms with Crippen LogP contribution in [0.3, 0.4) is 0 Å². The number of nitrogens with zero attached hydrogens (tertiary/aromatic N) is 1. The van der Waals surface area contributed by atoms with Gasteiger partial charge in [0.25, 0.3) is 0 Å². The topological polar surface area (TPSA) is 55.4 Å². The number of nitrogens with two attached hydrogens (primary N) is 1. The van der Waals surface area contributed by atoms with E-state index >= 15 is 0 Å². The van der Waals surface area contributed by atoms with Gasteiger partial charge in [-0.3, -0.25) is 9.79 Å². The first-order valence-corrected chi connectivity index (χ1v) is 3.01. The maximum absolute atomic E-state index is 10.1. The largest absolute Gasteiger partial charge is 0.387 e. The molecular formula is C5H9ClN2O. The van der Waals surface area contributed by atoms with E-state index in [-0.39, 0.29) is 6.54 Å². The van der Waals surface area contributed by atoms with Crippen molar-refractivity contribution in [3.8, 4) is 0 Å². The highest BCUT2D eigenvalue weighted by Crippen LogP contribution is 1.82. The fourth-order valence-electron chi connectivity index (χ4n) is 0.276. The van der Waals surface area contributed by atoms with Crippen molar-refractivity contribution in [1.82, 2.24) is 0 Å². The highest BCUT2D eigenvalue weighted by atomic mass is 35.5. The standard InChI is InChI=1S/C5H9ClN2O/c1-2-5(7)8-3-4(6)9/h2-3H2,1H3,(H2,7,8). The molecule has 0 heterocycles. The second kappa shape index (κ2) is 4.32. The third-order valence-corrected chi connectivity index (χ3v) is 0.888. The molecule has 0 radical (unpaired) electrons. The lowest BCUT2D eigenvalue weighted by atomic mass is 10.4. The van der Waals surface area contributed by atoms with Crippen LogP contribution in [0.5, 0.6) is 0 Å². The Bertz CT molecular complexity index is 133. The number of amidine groups is 1. The van der Waals surface area contributed by atoms with Crippen LogP contribution in [0.15, 0.2) is 4.99 Å². The van der Waals surface area contributed by atoms with Gasteiger partial charge in [0.2, 0.25) is 5.24 Å². The molecule has 0 aliphatic carbocycles. The minimum atomic E-state index is -0.480. The minimum Gasteiger partial charge on any atom is -0.387 e. The van der Waals surface area contributed by atoms with Crippen LogP contribution in [0.4, 0.5) is 0 Å². The molecule has 0 aliphatic heterocycles. The molecule has 9 heavy (non-hydrogen) atoms. The van der Waals surface area contributed by atoms with Gasteiger partial charge >= 0.3 is 0 Å². The van der Waals surface area contributed by atoms with Gasteiger partial charge in [-0.25, -0.2) is 0 Å². The van der Waals surface area contributed by atoms with Crippen molar-refractivity contribution in [1.29, 1.82) is 0 Å². The molecule has 0 unspecified atom stereocenters. The molecule has 0 rings (SSSR count). The molecule has 0 aromatic carbocycles. The third-order valence-electron chi connectivity index (χ3n) is 0.769. The Balaban J connectivity index is 3.56. The molecule has 52 valence electrons. The van der Waals surface area contributed by atoms with Gasteiger partial charge in [0.1, 0.15) is 6.54 Å². The zero-order valence-corrected chi connectivity index (χ0v) is 5.98. The van der Waals surface area contributed by atoms with Crippen molar-refractivity contribution in [2.45, 2.75) is 13.3 Å². The highest BCUT2D eigenvalue weighted by molar-refractivity contribution is 6.64. The molecule has 0 saturated heterocycles. The van der Waals surface area contributed by atoms with E-state index in [9.17, 15) is 4.79 Å². The number of hydrogen-bond acceptors (Lipinski definition) is 2. The molecule has 3 nitrogen and oxygen atoms in total. The first-order valence-electron chi connectivity index (χ1n) is 2.64. The van der Waals surface area contributed by atoms with Gasteiger partial charge in [0.05, 0.1) is 5.84 Å². The summed E-state index contributed by atoms with van der Waals surface area (Å²) in [6.07, 6.45) is 0.657. The Kier molecular flexibility index (Phi) is 4.05. The fraction of sp³-hybridized carbons (Fsp3) is 0.600. The number of rotatable bonds is 3. The lowest BCUT2D eigenvalue weighted by Crippen LogP contribution is -2.11. The minimum absolute atomic E-state index is 0.0127. The summed E-state index contributed by atoms with van der Waals surface area (Å²) in [5.74, 6) is 0.462. The summed E-state index contributed by atoms with van der Waals surface area (Å²) in [6, 6.07) is 0. The normalized spacial score (nSPS) is 11.6. The van der Waals surface area contributed by atoms with Gasteiger partial charge in [-0.1, -0.05) is 6.92 Å². The van der Waals surface area contributed by atoms with Gasteiger partial charge in [0.15, 0.2) is 0 Å². The van der Waals surface area contributed by atoms with E-state index in [0.717, 1.165) is 0 Å². The van der Waals surface area contributed by atoms with Crippen molar-refractivity contribution in [2.75, 3.05) is 6.54 Å². The van der Waals surface area contributed by atoms with Crippen LogP contribution < -0.4 is 5.73 Å². The summed E-state index contributed by atoms with van der Waals surface area (Å²) >= 11 is 4.98. The first kappa shape index (κ1) is 8.43. The zero-order chi connectivity index (χ0) is 7.28. The van der Waals surface area contributed by atoms with Gasteiger partial charge in [-0.05, 0) is 11.6 Å². The van der Waals surface area contributed by atoms with E-state index in [4.69, 9.17) is 17.3 Å². The van der Waals surface area contributed by atoms with Crippen LogP contribution in [0.1, 0.15) is 13.3 Å². The molecule has 0 aromatic heterocycles. The Morgan fingerprint density at radius 1 is 1.78 bits per heavy atom. The molecular weight excluding hydrogens is 140 g/mol. The van der Waals surface area contributed by atoms with Crippen LogP contribution in [-0.4, -0.2) is 17.6 Å². The molecule has 0 aliphatic rings. The van der Waals surface area contributed by atoms with Crippen molar-refractivity contribution >= 4 is 22.7 Å². The maximum Gasteiger partial charge on any atom is 0.243 e. The molecule has 0 bridgehead atoms. The van der Waals surface area contributed by atoms with Crippen molar-refractivity contribution in [3.63, 3.8) is 0 Å². The zero-order valence-electron chi connectivity index (χ0n) is 5.22. The summed E-state index contributed by atoms with van der Waals surface area (Å²) in [4.78, 5) is 13.7. The van der Waals surface area contributed by atoms with E-state index in [2.05, 4.69) is 4.99 Å². The monoisotopic (exact) mass is 148 g/mol. The fourth-order valence-corrected chi connectivity index (χ4v) is 0.335. The lowest BCUT2D eigenvalue weighted by molar-refractivity contribution is -0.110. The number of hydrogen-bond donors (Lipinski definition) is 1. The molecule has 2 N–H and O–H groups in total. The predicted molar refractivity (Wildman–Crippen MR) is 37.6 cm³/mol. The molecule has 0 amide bonds. The SMILES string of the molecule is CCC(N)=NCC(=O)Cl. The van der Waals surface area contributed by atoms with Crippen molar-refractivity contribution in [3.05, 3.63) is 0 Å². The van der Waals surface area contributed by atoms with Crippen LogP contribution in [0.2, 0.25) is 0 Å². The van der Waals surface area contributed by atoms with E-state index in [1.165, 1.54) is 0 Å². The quantitative estimate of drug-likeness (QED) is 0.361. The van der Waals surface area contributed by atoms with Gasteiger partial charge in [-0.15, -0.1) is 0 Å². The predicted octanol–water partition coefficient (Wildman–Crippen LogP) is 0.519. The number of carbonyl (C=O) groups is 1. The Hall–Kier alpha value is -0.570. The summed E-state index contributed by atoms with van der Waals surface area (Å²) in [5, 5.41) is -0.480. The number of halogens is 1. The van der Waals surface area contributed by atoms with Crippen LogP contribution in [-0.2, 0) is 4.79 Å². The molecule has 4 heteroatoms. The van der Waals surface area contributed by atoms with E-state index < -0.39 is 5.24 Å². The summed E-state index contributed by atoms with van der Waals surface area (Å²) < 4.78 is 0. The van der Waals surface area contributed by atoms with Gasteiger partial charge in [0, 0.05) is 6.42 Å². The van der Waals surface area contributed by atoms with Crippen LogP contribution >= 0.6 is 11.6 Å². The van der Waals surface area contributed by atoms with E-state index in [1.54, 1.807) is 0 Å². The molecule has 0 aromatic rings. The summed E-state index contributed by atoms with van der Waals surface area (Å²) in [6.45, 7) is 1.85. The first-order chi connectivity index (χ1) is 4.16. The van der Waals surface area contributed by atoms with Crippen molar-refractivity contribution in [2.24, 2.45) is 10.7 Å². The Morgan fingerprint density at radius 2 is 2.33 bits per heavy atom. The second-order valence-electron chi connectivity index (χ2n) is 1.52. The van der Waals surface area contributed by atoms with E-state index in [1.807, 2.05) is 6.92 Å². The van der Waals surface area contributed by atoms with Crippen LogP contribution in [0, 0.1) is 0 Å². The molecule has 0 fully saturated rings. The maximum atomic E-state index is 10.1. The molecule has 0 saturated carbocycles. The summed E-state index contributed by atoms with van der Waals surface area (Å²) in [7, 11) is 0. The van der Waals surface area contributed by atoms with E-state index in [0.29, 0.717) is 12.3 Å². The van der Waals surface area contributed by atoms with Gasteiger partial charge in [-0.2, -0.15) is 0 Å². The Labute approximate surface area is 58.9 Å². The number of aliphatic imine (C=N–C) groups is 1. The number of carbonyl (C=O) groups excluding carboxylic acids is 1. The Morgan fingerprint density at radius 3 is 2.67 bits per heavy atom. The highest BCUT2D eigenvalue weighted by Gasteiger charge is 1.91. The molecule has 0 spiro atoms.